The van der Waals surface area contributed by atoms with Gasteiger partial charge in [-0.1, -0.05) is 6.42 Å². The molecule has 23 heavy (non-hydrogen) atoms. The van der Waals surface area contributed by atoms with E-state index in [1.807, 2.05) is 16.8 Å². The summed E-state index contributed by atoms with van der Waals surface area (Å²) in [4.78, 5) is 6.50. The van der Waals surface area contributed by atoms with Gasteiger partial charge in [0.05, 0.1) is 18.2 Å². The van der Waals surface area contributed by atoms with Crippen LogP contribution in [0, 0.1) is 11.3 Å². The lowest BCUT2D eigenvalue weighted by Crippen LogP contribution is -2.44. The summed E-state index contributed by atoms with van der Waals surface area (Å²) in [6, 6.07) is 9.87. The number of nitriles is 1. The van der Waals surface area contributed by atoms with Crippen LogP contribution in [0.25, 0.3) is 0 Å². The normalized spacial score (nSPS) is 18.5. The lowest BCUT2D eigenvalue weighted by atomic mass is 10.0. The van der Waals surface area contributed by atoms with Gasteiger partial charge < -0.3 is 4.74 Å². The molecule has 0 N–H and O–H groups in total. The number of rotatable bonds is 6. The molecule has 0 bridgehead atoms. The van der Waals surface area contributed by atoms with Crippen molar-refractivity contribution in [2.45, 2.75) is 31.8 Å². The second-order valence-corrected chi connectivity index (χ2v) is 5.79. The third kappa shape index (κ3) is 4.30. The molecule has 0 saturated carbocycles. The van der Waals surface area contributed by atoms with Crippen LogP contribution in [-0.4, -0.2) is 45.4 Å². The van der Waals surface area contributed by atoms with Crippen molar-refractivity contribution in [3.8, 4) is 11.8 Å². The number of piperidine rings is 1. The van der Waals surface area contributed by atoms with E-state index in [4.69, 9.17) is 10.00 Å². The van der Waals surface area contributed by atoms with E-state index in [9.17, 15) is 0 Å². The van der Waals surface area contributed by atoms with Crippen LogP contribution in [0.5, 0.6) is 5.75 Å². The number of hydrogen-bond acceptors (Lipinski definition) is 5. The van der Waals surface area contributed by atoms with Gasteiger partial charge in [0.25, 0.3) is 0 Å². The lowest BCUT2D eigenvalue weighted by molar-refractivity contribution is 0.109. The SMILES string of the molecule is N#Cc1ccc(OCCN2CCCC[C@@H]2Cn2cncn2)cc1. The Morgan fingerprint density at radius 2 is 2.13 bits per heavy atom. The summed E-state index contributed by atoms with van der Waals surface area (Å²) in [5, 5.41) is 13.0. The van der Waals surface area contributed by atoms with E-state index in [0.29, 0.717) is 18.2 Å². The minimum absolute atomic E-state index is 0.495. The third-order valence-corrected chi connectivity index (χ3v) is 4.24. The van der Waals surface area contributed by atoms with Gasteiger partial charge in [-0.05, 0) is 43.7 Å². The van der Waals surface area contributed by atoms with Crippen molar-refractivity contribution in [2.24, 2.45) is 0 Å². The number of benzene rings is 1. The van der Waals surface area contributed by atoms with Gasteiger partial charge in [-0.2, -0.15) is 10.4 Å². The van der Waals surface area contributed by atoms with Gasteiger partial charge in [-0.3, -0.25) is 9.58 Å². The molecule has 0 amide bonds. The van der Waals surface area contributed by atoms with Crippen LogP contribution < -0.4 is 4.74 Å². The van der Waals surface area contributed by atoms with E-state index in [2.05, 4.69) is 21.1 Å². The maximum atomic E-state index is 8.80. The van der Waals surface area contributed by atoms with Crippen molar-refractivity contribution in [2.75, 3.05) is 19.7 Å². The summed E-state index contributed by atoms with van der Waals surface area (Å²) in [7, 11) is 0. The van der Waals surface area contributed by atoms with Crippen molar-refractivity contribution in [1.82, 2.24) is 19.7 Å². The Morgan fingerprint density at radius 1 is 1.26 bits per heavy atom. The Kier molecular flexibility index (Phi) is 5.22. The van der Waals surface area contributed by atoms with Crippen LogP contribution in [0.15, 0.2) is 36.9 Å². The maximum Gasteiger partial charge on any atom is 0.137 e. The zero-order chi connectivity index (χ0) is 15.9. The third-order valence-electron chi connectivity index (χ3n) is 4.24. The lowest BCUT2D eigenvalue weighted by Gasteiger charge is -2.35. The molecule has 0 radical (unpaired) electrons. The van der Waals surface area contributed by atoms with Crippen molar-refractivity contribution >= 4 is 0 Å². The molecule has 1 saturated heterocycles. The molecule has 1 aliphatic rings. The summed E-state index contributed by atoms with van der Waals surface area (Å²) in [6.45, 7) is 3.55. The van der Waals surface area contributed by atoms with Crippen LogP contribution >= 0.6 is 0 Å². The summed E-state index contributed by atoms with van der Waals surface area (Å²) in [5.41, 5.74) is 0.654. The first-order valence-corrected chi connectivity index (χ1v) is 8.04. The molecular weight excluding hydrogens is 290 g/mol. The maximum absolute atomic E-state index is 8.80. The molecule has 6 nitrogen and oxygen atoms in total. The highest BCUT2D eigenvalue weighted by Gasteiger charge is 2.22. The first kappa shape index (κ1) is 15.5. The van der Waals surface area contributed by atoms with Crippen molar-refractivity contribution in [1.29, 1.82) is 5.26 Å². The van der Waals surface area contributed by atoms with Gasteiger partial charge in [0, 0.05) is 12.6 Å². The number of likely N-dealkylation sites (tertiary alicyclic amines) is 1. The van der Waals surface area contributed by atoms with Gasteiger partial charge in [0.15, 0.2) is 0 Å². The van der Waals surface area contributed by atoms with Gasteiger partial charge >= 0.3 is 0 Å². The zero-order valence-electron chi connectivity index (χ0n) is 13.1. The fraction of sp³-hybridized carbons (Fsp3) is 0.471. The average molecular weight is 311 g/mol. The fourth-order valence-corrected chi connectivity index (χ4v) is 3.01. The zero-order valence-corrected chi connectivity index (χ0v) is 13.1. The monoisotopic (exact) mass is 311 g/mol. The summed E-state index contributed by atoms with van der Waals surface area (Å²) >= 11 is 0. The highest BCUT2D eigenvalue weighted by molar-refractivity contribution is 5.34. The van der Waals surface area contributed by atoms with E-state index in [-0.39, 0.29) is 0 Å². The average Bonchev–Trinajstić information content (AvgIpc) is 3.10. The standard InChI is InChI=1S/C17H21N5O/c18-11-15-4-6-17(7-5-15)23-10-9-21-8-2-1-3-16(21)12-22-14-19-13-20-22/h4-7,13-14,16H,1-3,8-10,12H2/t16-/m1/s1. The van der Waals surface area contributed by atoms with Gasteiger partial charge in [0.1, 0.15) is 25.0 Å². The molecule has 6 heteroatoms. The fourth-order valence-electron chi connectivity index (χ4n) is 3.01. The Labute approximate surface area is 136 Å². The van der Waals surface area contributed by atoms with E-state index in [1.165, 1.54) is 19.3 Å². The second-order valence-electron chi connectivity index (χ2n) is 5.79. The summed E-state index contributed by atoms with van der Waals surface area (Å²) < 4.78 is 7.71. The van der Waals surface area contributed by atoms with Crippen LogP contribution in [0.4, 0.5) is 0 Å². The smallest absolute Gasteiger partial charge is 0.137 e. The molecule has 2 heterocycles. The Bertz CT molecular complexity index is 632. The minimum Gasteiger partial charge on any atom is -0.492 e. The van der Waals surface area contributed by atoms with E-state index < -0.39 is 0 Å². The molecule has 1 aromatic heterocycles. The van der Waals surface area contributed by atoms with Gasteiger partial charge in [-0.25, -0.2) is 4.98 Å². The van der Waals surface area contributed by atoms with Gasteiger partial charge in [0.2, 0.25) is 0 Å². The number of aromatic nitrogens is 3. The molecule has 120 valence electrons. The van der Waals surface area contributed by atoms with E-state index >= 15 is 0 Å². The Hall–Kier alpha value is -2.39. The molecule has 0 aliphatic carbocycles. The molecule has 1 aromatic carbocycles. The highest BCUT2D eigenvalue weighted by atomic mass is 16.5. The number of ether oxygens (including phenoxy) is 1. The topological polar surface area (TPSA) is 67.0 Å². The number of hydrogen-bond donors (Lipinski definition) is 0. The van der Waals surface area contributed by atoms with Crippen LogP contribution in [0.2, 0.25) is 0 Å². The van der Waals surface area contributed by atoms with E-state index in [1.54, 1.807) is 24.8 Å². The molecule has 0 spiro atoms. The van der Waals surface area contributed by atoms with Crippen LogP contribution in [0.3, 0.4) is 0 Å². The Balaban J connectivity index is 1.49. The second kappa shape index (κ2) is 7.75. The molecule has 1 atom stereocenters. The summed E-state index contributed by atoms with van der Waals surface area (Å²) in [6.07, 6.45) is 7.06. The largest absolute Gasteiger partial charge is 0.492 e. The molecule has 1 aliphatic heterocycles. The van der Waals surface area contributed by atoms with E-state index in [0.717, 1.165) is 25.4 Å². The first-order valence-electron chi connectivity index (χ1n) is 8.04. The van der Waals surface area contributed by atoms with Crippen molar-refractivity contribution in [3.63, 3.8) is 0 Å². The first-order chi connectivity index (χ1) is 11.3. The van der Waals surface area contributed by atoms with Gasteiger partial charge in [-0.15, -0.1) is 0 Å². The highest BCUT2D eigenvalue weighted by Crippen LogP contribution is 2.18. The number of nitrogens with zero attached hydrogens (tertiary/aromatic N) is 5. The molecular formula is C17H21N5O. The predicted octanol–water partition coefficient (Wildman–Crippen LogP) is 2.08. The molecule has 1 fully saturated rings. The predicted molar refractivity (Wildman–Crippen MR) is 85.9 cm³/mol. The molecule has 2 aromatic rings. The van der Waals surface area contributed by atoms with Crippen LogP contribution in [0.1, 0.15) is 24.8 Å². The minimum atomic E-state index is 0.495. The summed E-state index contributed by atoms with van der Waals surface area (Å²) in [5.74, 6) is 0.814. The Morgan fingerprint density at radius 3 is 2.87 bits per heavy atom. The van der Waals surface area contributed by atoms with Crippen molar-refractivity contribution in [3.05, 3.63) is 42.5 Å². The molecule has 3 rings (SSSR count). The molecule has 0 unspecified atom stereocenters. The quantitative estimate of drug-likeness (QED) is 0.817. The van der Waals surface area contributed by atoms with Crippen molar-refractivity contribution < 1.29 is 4.74 Å². The van der Waals surface area contributed by atoms with Crippen LogP contribution in [-0.2, 0) is 6.54 Å².